The summed E-state index contributed by atoms with van der Waals surface area (Å²) in [5, 5.41) is 3.77. The maximum absolute atomic E-state index is 10.7. The van der Waals surface area contributed by atoms with Crippen molar-refractivity contribution in [2.45, 2.75) is 20.0 Å². The van der Waals surface area contributed by atoms with Gasteiger partial charge < -0.3 is 14.0 Å². The first-order valence-corrected chi connectivity index (χ1v) is 5.84. The van der Waals surface area contributed by atoms with E-state index in [1.54, 1.807) is 18.2 Å². The van der Waals surface area contributed by atoms with Crippen molar-refractivity contribution in [3.63, 3.8) is 0 Å². The molecule has 2 rings (SSSR count). The fraction of sp³-hybridized carbons (Fsp3) is 0.308. The maximum Gasteiger partial charge on any atom is 0.264 e. The minimum atomic E-state index is 0.157. The third-order valence-electron chi connectivity index (χ3n) is 2.50. The Kier molecular flexibility index (Phi) is 4.12. The van der Waals surface area contributed by atoms with Crippen LogP contribution in [0.2, 0.25) is 0 Å². The zero-order chi connectivity index (χ0) is 13.7. The van der Waals surface area contributed by atoms with Crippen LogP contribution in [0, 0.1) is 0 Å². The molecule has 100 valence electrons. The van der Waals surface area contributed by atoms with E-state index >= 15 is 0 Å². The van der Waals surface area contributed by atoms with E-state index in [0.29, 0.717) is 35.2 Å². The lowest BCUT2D eigenvalue weighted by molar-refractivity contribution is 0.112. The second-order valence-electron chi connectivity index (χ2n) is 3.77. The van der Waals surface area contributed by atoms with Crippen molar-refractivity contribution in [3.05, 3.63) is 35.5 Å². The zero-order valence-corrected chi connectivity index (χ0v) is 10.8. The summed E-state index contributed by atoms with van der Waals surface area (Å²) in [6, 6.07) is 4.92. The molecule has 0 radical (unpaired) electrons. The molecule has 0 saturated carbocycles. The van der Waals surface area contributed by atoms with Crippen LogP contribution >= 0.6 is 0 Å². The standard InChI is InChI=1S/C13H14N2O4/c1-3-12-14-13(19-15-12)8-18-10-5-4-9(7-16)6-11(10)17-2/h4-7H,3,8H2,1-2H3. The third kappa shape index (κ3) is 3.09. The number of carbonyl (C=O) groups excluding carboxylic acids is 1. The number of ether oxygens (including phenoxy) is 2. The van der Waals surface area contributed by atoms with Crippen molar-refractivity contribution >= 4 is 6.29 Å². The molecule has 0 unspecified atom stereocenters. The van der Waals surface area contributed by atoms with Gasteiger partial charge in [-0.05, 0) is 18.2 Å². The predicted molar refractivity (Wildman–Crippen MR) is 66.4 cm³/mol. The van der Waals surface area contributed by atoms with Crippen molar-refractivity contribution < 1.29 is 18.8 Å². The Labute approximate surface area is 110 Å². The minimum Gasteiger partial charge on any atom is -0.493 e. The van der Waals surface area contributed by atoms with Gasteiger partial charge in [-0.1, -0.05) is 12.1 Å². The monoisotopic (exact) mass is 262 g/mol. The number of aromatic nitrogens is 2. The highest BCUT2D eigenvalue weighted by molar-refractivity contribution is 5.76. The number of carbonyl (C=O) groups is 1. The number of benzene rings is 1. The van der Waals surface area contributed by atoms with Crippen LogP contribution in [0.25, 0.3) is 0 Å². The van der Waals surface area contributed by atoms with Gasteiger partial charge in [0.05, 0.1) is 7.11 Å². The molecule has 6 heteroatoms. The molecule has 0 aliphatic heterocycles. The van der Waals surface area contributed by atoms with Crippen LogP contribution in [0.15, 0.2) is 22.7 Å². The number of hydrogen-bond donors (Lipinski definition) is 0. The molecule has 0 spiro atoms. The molecule has 0 fully saturated rings. The Morgan fingerprint density at radius 3 is 2.84 bits per heavy atom. The summed E-state index contributed by atoms with van der Waals surface area (Å²) in [7, 11) is 1.51. The van der Waals surface area contributed by atoms with E-state index in [9.17, 15) is 4.79 Å². The Morgan fingerprint density at radius 2 is 2.21 bits per heavy atom. The quantitative estimate of drug-likeness (QED) is 0.741. The fourth-order valence-electron chi connectivity index (χ4n) is 1.51. The second kappa shape index (κ2) is 5.99. The van der Waals surface area contributed by atoms with Gasteiger partial charge in [0.15, 0.2) is 23.9 Å². The Morgan fingerprint density at radius 1 is 1.37 bits per heavy atom. The Hall–Kier alpha value is -2.37. The average molecular weight is 262 g/mol. The topological polar surface area (TPSA) is 74.5 Å². The van der Waals surface area contributed by atoms with Crippen LogP contribution in [0.4, 0.5) is 0 Å². The van der Waals surface area contributed by atoms with Crippen LogP contribution in [0.1, 0.15) is 29.0 Å². The summed E-state index contributed by atoms with van der Waals surface area (Å²) >= 11 is 0. The van der Waals surface area contributed by atoms with Gasteiger partial charge in [0.25, 0.3) is 5.89 Å². The highest BCUT2D eigenvalue weighted by atomic mass is 16.5. The number of aryl methyl sites for hydroxylation is 1. The van der Waals surface area contributed by atoms with E-state index in [0.717, 1.165) is 6.29 Å². The molecule has 0 aliphatic rings. The molecule has 0 amide bonds. The SMILES string of the molecule is CCc1noc(COc2ccc(C=O)cc2OC)n1. The molecule has 19 heavy (non-hydrogen) atoms. The van der Waals surface area contributed by atoms with Crippen LogP contribution in [0.3, 0.4) is 0 Å². The van der Waals surface area contributed by atoms with E-state index in [1.807, 2.05) is 6.92 Å². The molecule has 0 saturated heterocycles. The van der Waals surface area contributed by atoms with Crippen LogP contribution < -0.4 is 9.47 Å². The van der Waals surface area contributed by atoms with Crippen molar-refractivity contribution in [1.82, 2.24) is 10.1 Å². The molecular formula is C13H14N2O4. The Bertz CT molecular complexity index is 566. The van der Waals surface area contributed by atoms with Gasteiger partial charge in [-0.15, -0.1) is 0 Å². The lowest BCUT2D eigenvalue weighted by Crippen LogP contribution is -1.99. The van der Waals surface area contributed by atoms with Gasteiger partial charge in [-0.2, -0.15) is 4.98 Å². The highest BCUT2D eigenvalue weighted by Crippen LogP contribution is 2.28. The van der Waals surface area contributed by atoms with E-state index in [1.165, 1.54) is 7.11 Å². The summed E-state index contributed by atoms with van der Waals surface area (Å²) in [6.45, 7) is 2.10. The lowest BCUT2D eigenvalue weighted by atomic mass is 10.2. The smallest absolute Gasteiger partial charge is 0.264 e. The highest BCUT2D eigenvalue weighted by Gasteiger charge is 2.09. The van der Waals surface area contributed by atoms with Gasteiger partial charge in [0, 0.05) is 12.0 Å². The number of hydrogen-bond acceptors (Lipinski definition) is 6. The largest absolute Gasteiger partial charge is 0.493 e. The minimum absolute atomic E-state index is 0.157. The van der Waals surface area contributed by atoms with Crippen LogP contribution in [0.5, 0.6) is 11.5 Å². The Balaban J connectivity index is 2.08. The molecule has 0 aliphatic carbocycles. The number of methoxy groups -OCH3 is 1. The molecule has 1 aromatic carbocycles. The lowest BCUT2D eigenvalue weighted by Gasteiger charge is -2.09. The average Bonchev–Trinajstić information content (AvgIpc) is 2.92. The van der Waals surface area contributed by atoms with Gasteiger partial charge in [-0.3, -0.25) is 4.79 Å². The molecule has 0 N–H and O–H groups in total. The first-order valence-electron chi connectivity index (χ1n) is 5.84. The summed E-state index contributed by atoms with van der Waals surface area (Å²) in [5.41, 5.74) is 0.523. The predicted octanol–water partition coefficient (Wildman–Crippen LogP) is 2.03. The van der Waals surface area contributed by atoms with E-state index in [-0.39, 0.29) is 6.61 Å². The number of nitrogens with zero attached hydrogens (tertiary/aromatic N) is 2. The van der Waals surface area contributed by atoms with Gasteiger partial charge in [0.2, 0.25) is 0 Å². The molecule has 2 aromatic rings. The van der Waals surface area contributed by atoms with E-state index in [4.69, 9.17) is 14.0 Å². The number of aldehydes is 1. The van der Waals surface area contributed by atoms with Crippen molar-refractivity contribution in [2.24, 2.45) is 0 Å². The van der Waals surface area contributed by atoms with Crippen molar-refractivity contribution in [1.29, 1.82) is 0 Å². The van der Waals surface area contributed by atoms with Crippen LogP contribution in [-0.4, -0.2) is 23.5 Å². The molecule has 1 heterocycles. The van der Waals surface area contributed by atoms with E-state index in [2.05, 4.69) is 10.1 Å². The van der Waals surface area contributed by atoms with Gasteiger partial charge >= 0.3 is 0 Å². The number of rotatable bonds is 6. The van der Waals surface area contributed by atoms with Crippen LogP contribution in [-0.2, 0) is 13.0 Å². The summed E-state index contributed by atoms with van der Waals surface area (Å²) in [5.74, 6) is 2.05. The maximum atomic E-state index is 10.7. The molecular weight excluding hydrogens is 248 g/mol. The van der Waals surface area contributed by atoms with Gasteiger partial charge in [0.1, 0.15) is 6.29 Å². The fourth-order valence-corrected chi connectivity index (χ4v) is 1.51. The summed E-state index contributed by atoms with van der Waals surface area (Å²) < 4.78 is 15.7. The third-order valence-corrected chi connectivity index (χ3v) is 2.50. The van der Waals surface area contributed by atoms with Crippen molar-refractivity contribution in [2.75, 3.05) is 7.11 Å². The molecule has 1 aromatic heterocycles. The normalized spacial score (nSPS) is 10.2. The first-order chi connectivity index (χ1) is 9.26. The second-order valence-corrected chi connectivity index (χ2v) is 3.77. The van der Waals surface area contributed by atoms with Gasteiger partial charge in [-0.25, -0.2) is 0 Å². The summed E-state index contributed by atoms with van der Waals surface area (Å²) in [6.07, 6.45) is 1.46. The molecule has 0 atom stereocenters. The zero-order valence-electron chi connectivity index (χ0n) is 10.8. The van der Waals surface area contributed by atoms with Crippen molar-refractivity contribution in [3.8, 4) is 11.5 Å². The first kappa shape index (κ1) is 13.1. The molecule has 0 bridgehead atoms. The summed E-state index contributed by atoms with van der Waals surface area (Å²) in [4.78, 5) is 14.8. The molecule has 6 nitrogen and oxygen atoms in total. The van der Waals surface area contributed by atoms with E-state index < -0.39 is 0 Å².